The van der Waals surface area contributed by atoms with E-state index >= 15 is 0 Å². The third-order valence-corrected chi connectivity index (χ3v) is 3.54. The lowest BCUT2D eigenvalue weighted by Crippen LogP contribution is -1.71. The molecular formula is C14H10F2S2. The molecular weight excluding hydrogens is 270 g/mol. The number of thiophene rings is 1. The van der Waals surface area contributed by atoms with Gasteiger partial charge in [-0.2, -0.15) is 0 Å². The average molecular weight is 280 g/mol. The van der Waals surface area contributed by atoms with Crippen LogP contribution in [0.4, 0.5) is 8.78 Å². The van der Waals surface area contributed by atoms with Gasteiger partial charge in [0.25, 0.3) is 0 Å². The summed E-state index contributed by atoms with van der Waals surface area (Å²) in [5.74, 6) is -0.394. The molecule has 0 radical (unpaired) electrons. The quantitative estimate of drug-likeness (QED) is 0.541. The van der Waals surface area contributed by atoms with Crippen LogP contribution in [-0.4, -0.2) is 0 Å². The molecule has 3 rings (SSSR count). The molecule has 2 aromatic carbocycles. The first kappa shape index (κ1) is 13.1. The fourth-order valence-electron chi connectivity index (χ4n) is 1.41. The minimum absolute atomic E-state index is 0.126. The Kier molecular flexibility index (Phi) is 4.33. The Balaban J connectivity index is 0.000000138. The van der Waals surface area contributed by atoms with E-state index in [1.807, 2.05) is 11.4 Å². The number of thiol groups is 1. The van der Waals surface area contributed by atoms with Crippen molar-refractivity contribution >= 4 is 34.1 Å². The molecule has 0 atom stereocenters. The van der Waals surface area contributed by atoms with Crippen molar-refractivity contribution in [2.75, 3.05) is 0 Å². The van der Waals surface area contributed by atoms with Gasteiger partial charge < -0.3 is 0 Å². The monoisotopic (exact) mass is 280 g/mol. The Morgan fingerprint density at radius 1 is 0.833 bits per heavy atom. The summed E-state index contributed by atoms with van der Waals surface area (Å²) in [4.78, 5) is 0.396. The van der Waals surface area contributed by atoms with Crippen molar-refractivity contribution in [3.8, 4) is 0 Å². The summed E-state index contributed by atoms with van der Waals surface area (Å²) in [5, 5.41) is 2.63. The van der Waals surface area contributed by atoms with E-state index in [0.29, 0.717) is 4.90 Å². The Morgan fingerprint density at radius 3 is 2.17 bits per heavy atom. The second-order valence-electron chi connectivity index (χ2n) is 3.52. The van der Waals surface area contributed by atoms with Crippen LogP contribution in [0, 0.1) is 11.6 Å². The van der Waals surface area contributed by atoms with E-state index in [4.69, 9.17) is 0 Å². The van der Waals surface area contributed by atoms with Crippen LogP contribution in [0.3, 0.4) is 0 Å². The third kappa shape index (κ3) is 3.09. The van der Waals surface area contributed by atoms with E-state index in [2.05, 4.69) is 12.6 Å². The maximum Gasteiger partial charge on any atom is 0.136 e. The molecule has 0 saturated heterocycles. The molecule has 0 fully saturated rings. The zero-order chi connectivity index (χ0) is 13.0. The molecule has 0 nitrogen and oxygen atoms in total. The second-order valence-corrected chi connectivity index (χ2v) is 4.95. The van der Waals surface area contributed by atoms with E-state index < -0.39 is 0 Å². The van der Waals surface area contributed by atoms with E-state index in [1.165, 1.54) is 12.1 Å². The molecule has 1 heterocycles. The van der Waals surface area contributed by atoms with E-state index in [0.717, 1.165) is 10.1 Å². The van der Waals surface area contributed by atoms with Crippen LogP contribution in [0.2, 0.25) is 0 Å². The van der Waals surface area contributed by atoms with Gasteiger partial charge in [0.1, 0.15) is 11.6 Å². The molecule has 0 aliphatic carbocycles. The Bertz CT molecular complexity index is 626. The first-order valence-corrected chi connectivity index (χ1v) is 6.56. The summed E-state index contributed by atoms with van der Waals surface area (Å²) in [6.45, 7) is 0. The van der Waals surface area contributed by atoms with Gasteiger partial charge in [0.15, 0.2) is 0 Å². The summed E-state index contributed by atoms with van der Waals surface area (Å²) < 4.78 is 26.1. The lowest BCUT2D eigenvalue weighted by molar-refractivity contribution is 0.602. The third-order valence-electron chi connectivity index (χ3n) is 2.30. The van der Waals surface area contributed by atoms with Gasteiger partial charge in [-0.15, -0.1) is 24.0 Å². The molecule has 0 aliphatic heterocycles. The normalized spacial score (nSPS) is 9.94. The summed E-state index contributed by atoms with van der Waals surface area (Å²) in [5.41, 5.74) is 0. The molecule has 0 amide bonds. The highest BCUT2D eigenvalue weighted by Crippen LogP contribution is 2.22. The van der Waals surface area contributed by atoms with Crippen molar-refractivity contribution in [2.45, 2.75) is 4.90 Å². The second kappa shape index (κ2) is 5.98. The Labute approximate surface area is 113 Å². The summed E-state index contributed by atoms with van der Waals surface area (Å²) in [6, 6.07) is 13.3. The molecule has 0 saturated carbocycles. The summed E-state index contributed by atoms with van der Waals surface area (Å²) in [7, 11) is 0. The lowest BCUT2D eigenvalue weighted by atomic mass is 10.2. The molecule has 0 N–H and O–H groups in total. The number of benzene rings is 2. The van der Waals surface area contributed by atoms with Crippen molar-refractivity contribution in [3.63, 3.8) is 0 Å². The van der Waals surface area contributed by atoms with Gasteiger partial charge in [-0.1, -0.05) is 18.2 Å². The van der Waals surface area contributed by atoms with Gasteiger partial charge in [-0.05, 0) is 35.7 Å². The maximum atomic E-state index is 12.8. The average Bonchev–Trinajstić information content (AvgIpc) is 2.84. The smallest absolute Gasteiger partial charge is 0.136 e. The van der Waals surface area contributed by atoms with Crippen LogP contribution >= 0.6 is 24.0 Å². The van der Waals surface area contributed by atoms with Crippen LogP contribution in [0.5, 0.6) is 0 Å². The highest BCUT2D eigenvalue weighted by atomic mass is 32.1. The van der Waals surface area contributed by atoms with Gasteiger partial charge in [0.05, 0.1) is 0 Å². The topological polar surface area (TPSA) is 0 Å². The highest BCUT2D eigenvalue weighted by molar-refractivity contribution is 7.80. The van der Waals surface area contributed by atoms with E-state index in [-0.39, 0.29) is 11.6 Å². The fraction of sp³-hybridized carbons (Fsp3) is 0. The van der Waals surface area contributed by atoms with Gasteiger partial charge >= 0.3 is 0 Å². The van der Waals surface area contributed by atoms with Crippen LogP contribution in [-0.2, 0) is 0 Å². The molecule has 4 heteroatoms. The Hall–Kier alpha value is -1.39. The largest absolute Gasteiger partial charge is 0.206 e. The standard InChI is InChI=1S/C8H5FS.C6H5FS/c9-7-2-1-3-8-6(7)4-5-10-8;7-5-3-1-2-4-6(5)8/h1-5H;1-4,8H. The van der Waals surface area contributed by atoms with Gasteiger partial charge in [0.2, 0.25) is 0 Å². The number of hydrogen-bond acceptors (Lipinski definition) is 2. The first-order valence-electron chi connectivity index (χ1n) is 5.23. The first-order chi connectivity index (χ1) is 8.68. The molecule has 0 spiro atoms. The molecule has 3 aromatic rings. The lowest BCUT2D eigenvalue weighted by Gasteiger charge is -1.88. The highest BCUT2D eigenvalue weighted by Gasteiger charge is 1.97. The number of hydrogen-bond donors (Lipinski definition) is 1. The minimum Gasteiger partial charge on any atom is -0.206 e. The van der Waals surface area contributed by atoms with Crippen molar-refractivity contribution in [1.29, 1.82) is 0 Å². The van der Waals surface area contributed by atoms with Crippen LogP contribution in [0.25, 0.3) is 10.1 Å². The van der Waals surface area contributed by atoms with Crippen LogP contribution in [0.15, 0.2) is 58.8 Å². The van der Waals surface area contributed by atoms with Crippen molar-refractivity contribution in [3.05, 3.63) is 65.5 Å². The zero-order valence-corrected chi connectivity index (χ0v) is 11.0. The van der Waals surface area contributed by atoms with Gasteiger partial charge in [-0.25, -0.2) is 8.78 Å². The Morgan fingerprint density at radius 2 is 1.56 bits per heavy atom. The van der Waals surface area contributed by atoms with Crippen molar-refractivity contribution < 1.29 is 8.78 Å². The van der Waals surface area contributed by atoms with Gasteiger partial charge in [0, 0.05) is 15.0 Å². The van der Waals surface area contributed by atoms with Gasteiger partial charge in [-0.3, -0.25) is 0 Å². The fourth-order valence-corrected chi connectivity index (χ4v) is 2.37. The maximum absolute atomic E-state index is 12.8. The predicted molar refractivity (Wildman–Crippen MR) is 75.4 cm³/mol. The molecule has 0 unspecified atom stereocenters. The number of fused-ring (bicyclic) bond motifs is 1. The zero-order valence-electron chi connectivity index (χ0n) is 9.31. The van der Waals surface area contributed by atoms with Crippen molar-refractivity contribution in [2.24, 2.45) is 0 Å². The summed E-state index contributed by atoms with van der Waals surface area (Å²) >= 11 is 5.38. The summed E-state index contributed by atoms with van der Waals surface area (Å²) in [6.07, 6.45) is 0. The van der Waals surface area contributed by atoms with Crippen LogP contribution < -0.4 is 0 Å². The van der Waals surface area contributed by atoms with E-state index in [9.17, 15) is 8.78 Å². The molecule has 92 valence electrons. The number of halogens is 2. The number of rotatable bonds is 0. The van der Waals surface area contributed by atoms with Crippen molar-refractivity contribution in [1.82, 2.24) is 0 Å². The SMILES string of the molecule is Fc1cccc2sccc12.Fc1ccccc1S. The molecule has 18 heavy (non-hydrogen) atoms. The van der Waals surface area contributed by atoms with Crippen LogP contribution in [0.1, 0.15) is 0 Å². The molecule has 0 bridgehead atoms. The molecule has 0 aliphatic rings. The molecule has 1 aromatic heterocycles. The minimum atomic E-state index is -0.268. The predicted octanol–water partition coefficient (Wildman–Crippen LogP) is 5.15. The van der Waals surface area contributed by atoms with E-state index in [1.54, 1.807) is 41.7 Å².